The topological polar surface area (TPSA) is 79.6 Å². The minimum atomic E-state index is -0.234. The van der Waals surface area contributed by atoms with Gasteiger partial charge in [-0.15, -0.1) is 0 Å². The summed E-state index contributed by atoms with van der Waals surface area (Å²) in [4.78, 5) is 30.9. The number of amides is 1. The number of hydrogen-bond donors (Lipinski definition) is 1. The van der Waals surface area contributed by atoms with Crippen molar-refractivity contribution in [1.82, 2.24) is 15.3 Å². The van der Waals surface area contributed by atoms with Gasteiger partial charge in [0.1, 0.15) is 5.84 Å². The fourth-order valence-electron chi connectivity index (χ4n) is 3.25. The fourth-order valence-corrected chi connectivity index (χ4v) is 3.93. The second kappa shape index (κ2) is 9.00. The number of benzene rings is 2. The molecule has 150 valence electrons. The summed E-state index contributed by atoms with van der Waals surface area (Å²) in [5.41, 5.74) is 4.30. The van der Waals surface area contributed by atoms with Gasteiger partial charge in [-0.25, -0.2) is 15.0 Å². The molecule has 1 amide bonds. The fraction of sp³-hybridized carbons (Fsp3) is 0.174. The van der Waals surface area contributed by atoms with E-state index in [2.05, 4.69) is 15.3 Å². The Bertz CT molecular complexity index is 1130. The summed E-state index contributed by atoms with van der Waals surface area (Å²) in [6.45, 7) is 3.87. The Labute approximate surface area is 179 Å². The van der Waals surface area contributed by atoms with Gasteiger partial charge in [0.2, 0.25) is 5.91 Å². The van der Waals surface area contributed by atoms with Crippen molar-refractivity contribution in [2.24, 2.45) is 9.98 Å². The molecule has 1 N–H and O–H groups in total. The smallest absolute Gasteiger partial charge is 0.235 e. The molecule has 0 fully saturated rings. The highest BCUT2D eigenvalue weighted by Gasteiger charge is 2.26. The molecule has 0 spiro atoms. The van der Waals surface area contributed by atoms with Crippen LogP contribution in [-0.2, 0) is 4.79 Å². The lowest BCUT2D eigenvalue weighted by atomic mass is 9.93. The molecule has 3 aromatic rings. The Morgan fingerprint density at radius 1 is 0.967 bits per heavy atom. The number of rotatable bonds is 4. The van der Waals surface area contributed by atoms with Crippen molar-refractivity contribution < 1.29 is 4.79 Å². The summed E-state index contributed by atoms with van der Waals surface area (Å²) in [5.74, 6) is 0.379. The molecule has 6 nitrogen and oxygen atoms in total. The summed E-state index contributed by atoms with van der Waals surface area (Å²) < 4.78 is 0. The van der Waals surface area contributed by atoms with Crippen molar-refractivity contribution in [2.45, 2.75) is 24.9 Å². The van der Waals surface area contributed by atoms with Gasteiger partial charge in [-0.3, -0.25) is 9.79 Å². The number of carbonyl (C=O) groups is 1. The molecule has 0 aliphatic carbocycles. The van der Waals surface area contributed by atoms with E-state index in [0.29, 0.717) is 11.0 Å². The van der Waals surface area contributed by atoms with Crippen molar-refractivity contribution in [3.05, 3.63) is 78.1 Å². The van der Waals surface area contributed by atoms with E-state index in [4.69, 9.17) is 9.98 Å². The first-order valence-corrected chi connectivity index (χ1v) is 10.6. The highest BCUT2D eigenvalue weighted by atomic mass is 32.2. The molecule has 1 atom stereocenters. The van der Waals surface area contributed by atoms with Crippen LogP contribution in [0.1, 0.15) is 24.1 Å². The Morgan fingerprint density at radius 3 is 2.40 bits per heavy atom. The van der Waals surface area contributed by atoms with Gasteiger partial charge in [0.05, 0.1) is 23.0 Å². The molecular formula is C23H21N5OS. The van der Waals surface area contributed by atoms with E-state index in [9.17, 15) is 4.79 Å². The van der Waals surface area contributed by atoms with Gasteiger partial charge in [-0.05, 0) is 37.6 Å². The molecule has 2 heterocycles. The number of hydrogen-bond acceptors (Lipinski definition) is 6. The van der Waals surface area contributed by atoms with E-state index in [1.54, 1.807) is 6.20 Å². The molecule has 0 bridgehead atoms. The molecule has 1 unspecified atom stereocenters. The number of nitrogens with one attached hydrogen (secondary N) is 1. The number of aryl methyl sites for hydroxylation is 1. The van der Waals surface area contributed by atoms with Crippen molar-refractivity contribution >= 4 is 40.6 Å². The van der Waals surface area contributed by atoms with Crippen molar-refractivity contribution in [3.63, 3.8) is 0 Å². The summed E-state index contributed by atoms with van der Waals surface area (Å²) in [6.07, 6.45) is 1.69. The first kappa shape index (κ1) is 20.0. The molecule has 30 heavy (non-hydrogen) atoms. The number of thioether (sulfide) groups is 1. The highest BCUT2D eigenvalue weighted by molar-refractivity contribution is 7.99. The summed E-state index contributed by atoms with van der Waals surface area (Å²) in [5, 5.41) is 3.60. The zero-order valence-electron chi connectivity index (χ0n) is 16.7. The highest BCUT2D eigenvalue weighted by Crippen LogP contribution is 2.34. The van der Waals surface area contributed by atoms with Crippen LogP contribution >= 0.6 is 11.8 Å². The molecular weight excluding hydrogens is 394 g/mol. The zero-order chi connectivity index (χ0) is 20.9. The SMILES string of the molecule is CC1=Nc2ccccc2N=C(NC(=O)CSc2nccc(C)n2)C1c1ccccc1. The lowest BCUT2D eigenvalue weighted by Gasteiger charge is -2.19. The number of aromatic nitrogens is 2. The maximum absolute atomic E-state index is 12.8. The largest absolute Gasteiger partial charge is 0.313 e. The second-order valence-corrected chi connectivity index (χ2v) is 7.84. The van der Waals surface area contributed by atoms with Gasteiger partial charge < -0.3 is 5.32 Å². The van der Waals surface area contributed by atoms with Crippen molar-refractivity contribution in [1.29, 1.82) is 0 Å². The zero-order valence-corrected chi connectivity index (χ0v) is 17.6. The van der Waals surface area contributed by atoms with Crippen molar-refractivity contribution in [3.8, 4) is 0 Å². The second-order valence-electron chi connectivity index (χ2n) is 6.90. The average Bonchev–Trinajstić information content (AvgIpc) is 2.88. The van der Waals surface area contributed by atoms with Crippen LogP contribution < -0.4 is 5.32 Å². The van der Waals surface area contributed by atoms with Crippen LogP contribution in [0.25, 0.3) is 0 Å². The van der Waals surface area contributed by atoms with Crippen molar-refractivity contribution in [2.75, 3.05) is 5.75 Å². The first-order valence-electron chi connectivity index (χ1n) is 9.60. The maximum Gasteiger partial charge on any atom is 0.235 e. The lowest BCUT2D eigenvalue weighted by Crippen LogP contribution is -2.38. The third-order valence-electron chi connectivity index (χ3n) is 4.62. The average molecular weight is 416 g/mol. The summed E-state index contributed by atoms with van der Waals surface area (Å²) in [7, 11) is 0. The van der Waals surface area contributed by atoms with Crippen LogP contribution in [0.2, 0.25) is 0 Å². The number of nitrogens with zero attached hydrogens (tertiary/aromatic N) is 4. The Balaban J connectivity index is 1.61. The summed E-state index contributed by atoms with van der Waals surface area (Å²) >= 11 is 1.30. The number of para-hydroxylation sites is 2. The van der Waals surface area contributed by atoms with Gasteiger partial charge in [-0.1, -0.05) is 54.2 Å². The lowest BCUT2D eigenvalue weighted by molar-refractivity contribution is -0.117. The van der Waals surface area contributed by atoms with Gasteiger partial charge in [0, 0.05) is 17.6 Å². The van der Waals surface area contributed by atoms with E-state index >= 15 is 0 Å². The number of carbonyl (C=O) groups excluding carboxylic acids is 1. The molecule has 2 aromatic carbocycles. The van der Waals surface area contributed by atoms with E-state index in [0.717, 1.165) is 28.3 Å². The monoisotopic (exact) mass is 415 g/mol. The van der Waals surface area contributed by atoms with Gasteiger partial charge in [-0.2, -0.15) is 0 Å². The maximum atomic E-state index is 12.8. The minimum Gasteiger partial charge on any atom is -0.313 e. The molecule has 7 heteroatoms. The quantitative estimate of drug-likeness (QED) is 0.498. The van der Waals surface area contributed by atoms with E-state index in [1.165, 1.54) is 11.8 Å². The predicted octanol–water partition coefficient (Wildman–Crippen LogP) is 4.61. The van der Waals surface area contributed by atoms with Crippen LogP contribution in [0, 0.1) is 6.92 Å². The molecule has 1 aliphatic rings. The first-order chi connectivity index (χ1) is 14.6. The third-order valence-corrected chi connectivity index (χ3v) is 5.48. The molecule has 1 aliphatic heterocycles. The van der Waals surface area contributed by atoms with E-state index < -0.39 is 0 Å². The third kappa shape index (κ3) is 4.63. The molecule has 4 rings (SSSR count). The molecule has 1 aromatic heterocycles. The number of aliphatic imine (C=N–C) groups is 2. The van der Waals surface area contributed by atoms with Crippen LogP contribution in [0.5, 0.6) is 0 Å². The van der Waals surface area contributed by atoms with Gasteiger partial charge >= 0.3 is 0 Å². The van der Waals surface area contributed by atoms with Gasteiger partial charge in [0.25, 0.3) is 0 Å². The number of amidine groups is 1. The summed E-state index contributed by atoms with van der Waals surface area (Å²) in [6, 6.07) is 19.5. The van der Waals surface area contributed by atoms with Crippen LogP contribution in [0.3, 0.4) is 0 Å². The Kier molecular flexibility index (Phi) is 5.99. The van der Waals surface area contributed by atoms with Crippen LogP contribution in [0.4, 0.5) is 11.4 Å². The van der Waals surface area contributed by atoms with Gasteiger partial charge in [0.15, 0.2) is 5.16 Å². The predicted molar refractivity (Wildman–Crippen MR) is 121 cm³/mol. The Hall–Kier alpha value is -3.32. The van der Waals surface area contributed by atoms with Crippen LogP contribution in [0.15, 0.2) is 82.0 Å². The number of fused-ring (bicyclic) bond motifs is 1. The van der Waals surface area contributed by atoms with E-state index in [-0.39, 0.29) is 17.6 Å². The molecule has 0 saturated heterocycles. The molecule has 0 saturated carbocycles. The van der Waals surface area contributed by atoms with E-state index in [1.807, 2.05) is 74.5 Å². The minimum absolute atomic E-state index is 0.156. The molecule has 0 radical (unpaired) electrons. The standard InChI is InChI=1S/C23H21N5OS/c1-15-12-13-24-23(25-15)30-14-20(29)28-22-21(17-8-4-3-5-9-17)16(2)26-18-10-6-7-11-19(18)27-22/h3-13,21H,14H2,1-2H3,(H,27,28,29). The van der Waals surface area contributed by atoms with Crippen LogP contribution in [-0.4, -0.2) is 33.2 Å². The Morgan fingerprint density at radius 2 is 1.67 bits per heavy atom. The normalized spacial score (nSPS) is 15.5.